The second kappa shape index (κ2) is 27.7. The van der Waals surface area contributed by atoms with Crippen molar-refractivity contribution >= 4 is 174 Å². The Kier molecular flexibility index (Phi) is 16.7. The predicted octanol–water partition coefficient (Wildman–Crippen LogP) is 27.2. The molecule has 0 spiro atoms. The summed E-state index contributed by atoms with van der Waals surface area (Å²) in [6, 6.07) is 114. The number of thiophene rings is 2. The van der Waals surface area contributed by atoms with E-state index in [9.17, 15) is 0 Å². The van der Waals surface area contributed by atoms with Crippen molar-refractivity contribution < 1.29 is 18.1 Å². The van der Waals surface area contributed by atoms with Crippen LogP contribution in [0.2, 0.25) is 5.28 Å². The smallest absolute Gasteiger partial charge is 0.456 e. The molecule has 23 rings (SSSR count). The van der Waals surface area contributed by atoms with Crippen molar-refractivity contribution in [2.24, 2.45) is 0 Å². The van der Waals surface area contributed by atoms with E-state index in [0.29, 0.717) is 29.1 Å². The van der Waals surface area contributed by atoms with Gasteiger partial charge in [0, 0.05) is 89.7 Å². The maximum absolute atomic E-state index is 6.48. The van der Waals surface area contributed by atoms with Gasteiger partial charge in [0.25, 0.3) is 0 Å². The molecule has 0 N–H and O–H groups in total. The Bertz CT molecular complexity index is 7600. The van der Waals surface area contributed by atoms with Gasteiger partial charge in [-0.3, -0.25) is 0 Å². The number of halogens is 1. The van der Waals surface area contributed by atoms with E-state index in [4.69, 9.17) is 44.7 Å². The Hall–Kier alpha value is -13.1. The summed E-state index contributed by atoms with van der Waals surface area (Å²) in [5, 5.41) is 19.1. The summed E-state index contributed by atoms with van der Waals surface area (Å²) in [5.41, 5.74) is 12.8. The maximum atomic E-state index is 6.48. The van der Waals surface area contributed by atoms with Gasteiger partial charge >= 0.3 is 7.12 Å². The van der Waals surface area contributed by atoms with Gasteiger partial charge in [0.2, 0.25) is 5.28 Å². The number of aromatic nitrogens is 6. The zero-order chi connectivity index (χ0) is 76.3. The summed E-state index contributed by atoms with van der Waals surface area (Å²) in [6.07, 6.45) is 0. The molecule has 0 bridgehead atoms. The Morgan fingerprint density at radius 2 is 0.623 bits per heavy atom. The van der Waals surface area contributed by atoms with Crippen LogP contribution in [0.4, 0.5) is 0 Å². The fourth-order valence-electron chi connectivity index (χ4n) is 16.0. The molecule has 1 fully saturated rings. The fraction of sp³-hybridized carbons (Fsp3) is 0.0600. The van der Waals surface area contributed by atoms with Crippen molar-refractivity contribution in [1.29, 1.82) is 0 Å². The zero-order valence-corrected chi connectivity index (χ0v) is 64.7. The summed E-state index contributed by atoms with van der Waals surface area (Å²) in [5.74, 6) is 3.03. The van der Waals surface area contributed by atoms with Crippen molar-refractivity contribution in [1.82, 2.24) is 29.9 Å². The molecule has 7 heterocycles. The summed E-state index contributed by atoms with van der Waals surface area (Å²) in [4.78, 5) is 28.5. The third kappa shape index (κ3) is 12.3. The topological polar surface area (TPSA) is 122 Å². The fourth-order valence-corrected chi connectivity index (χ4v) is 18.4. The standard InChI is InChI=1S/C47H27N3OS.C34H27BO3S.C19H12ClN3/c1-2-11-29(12-3-1)45-48-46(35-17-8-15-28-10-6-7-16-34(28)35)50-47(49-45)36-18-9-19-41-44(36)39-26-32(20-22-40(39)51-41)33-21-23-42-37(25-33)38-24-30-13-4-5-14-31(30)27-43(38)52-42;1-33(2)34(3,4)38-35(37-33)27-10-7-11-29-32(27)26-18-22(12-14-28(26)36-29)23-13-15-30-24(17-23)25-16-20-8-5-6-9-21(20)19-31(25)39-30;20-19-22-17(14-8-2-1-3-9-14)21-18(23-19)16-12-6-10-13-7-4-5-11-15(13)16/h1-27H;5-19H,1-4H3;1-12H. The monoisotopic (exact) mass is 1520 g/mol. The lowest BCUT2D eigenvalue weighted by molar-refractivity contribution is 0.00578. The minimum atomic E-state index is -0.452. The predicted molar refractivity (Wildman–Crippen MR) is 475 cm³/mol. The van der Waals surface area contributed by atoms with Crippen LogP contribution >= 0.6 is 34.3 Å². The molecule has 0 unspecified atom stereocenters. The molecule has 0 aliphatic carbocycles. The Morgan fingerprint density at radius 3 is 1.14 bits per heavy atom. The summed E-state index contributed by atoms with van der Waals surface area (Å²) < 4.78 is 30.9. The second-order valence-corrected chi connectivity index (χ2v) is 32.5. The van der Waals surface area contributed by atoms with Crippen molar-refractivity contribution in [2.75, 3.05) is 0 Å². The van der Waals surface area contributed by atoms with E-state index in [1.54, 1.807) is 0 Å². The van der Waals surface area contributed by atoms with Gasteiger partial charge in [-0.25, -0.2) is 19.9 Å². The average Bonchev–Trinajstić information content (AvgIpc) is 1.58. The first-order valence-corrected chi connectivity index (χ1v) is 40.1. The lowest BCUT2D eigenvalue weighted by Crippen LogP contribution is -2.41. The highest BCUT2D eigenvalue weighted by molar-refractivity contribution is 7.26. The molecule has 16 aromatic carbocycles. The lowest BCUT2D eigenvalue weighted by atomic mass is 9.76. The van der Waals surface area contributed by atoms with Crippen molar-refractivity contribution in [3.63, 3.8) is 0 Å². The summed E-state index contributed by atoms with van der Waals surface area (Å²) in [7, 11) is -0.452. The minimum Gasteiger partial charge on any atom is -0.456 e. The third-order valence-electron chi connectivity index (χ3n) is 22.5. The lowest BCUT2D eigenvalue weighted by Gasteiger charge is -2.32. The van der Waals surface area contributed by atoms with Crippen LogP contribution in [-0.2, 0) is 9.31 Å². The van der Waals surface area contributed by atoms with Crippen LogP contribution in [0.15, 0.2) is 336 Å². The first-order chi connectivity index (χ1) is 55.8. The molecule has 1 aliphatic heterocycles. The van der Waals surface area contributed by atoms with Crippen LogP contribution < -0.4 is 5.46 Å². The number of hydrogen-bond donors (Lipinski definition) is 0. The molecule has 14 heteroatoms. The van der Waals surface area contributed by atoms with E-state index in [1.165, 1.54) is 73.0 Å². The molecule has 114 heavy (non-hydrogen) atoms. The van der Waals surface area contributed by atoms with Gasteiger partial charge in [-0.05, 0) is 195 Å². The average molecular weight is 1530 g/mol. The van der Waals surface area contributed by atoms with Crippen molar-refractivity contribution in [2.45, 2.75) is 38.9 Å². The van der Waals surface area contributed by atoms with Gasteiger partial charge in [0.15, 0.2) is 29.1 Å². The summed E-state index contributed by atoms with van der Waals surface area (Å²) >= 11 is 9.85. The van der Waals surface area contributed by atoms with Crippen LogP contribution in [0, 0.1) is 0 Å². The molecule has 0 saturated carbocycles. The molecule has 0 radical (unpaired) electrons. The Morgan fingerprint density at radius 1 is 0.263 bits per heavy atom. The van der Waals surface area contributed by atoms with Crippen LogP contribution in [-0.4, -0.2) is 48.2 Å². The van der Waals surface area contributed by atoms with E-state index < -0.39 is 18.3 Å². The molecule has 10 nitrogen and oxygen atoms in total. The second-order valence-electron chi connectivity index (χ2n) is 30.0. The van der Waals surface area contributed by atoms with Gasteiger partial charge in [-0.2, -0.15) is 9.97 Å². The number of nitrogens with zero attached hydrogens (tertiary/aromatic N) is 6. The minimum absolute atomic E-state index is 0.196. The van der Waals surface area contributed by atoms with Gasteiger partial charge in [-0.15, -0.1) is 22.7 Å². The third-order valence-corrected chi connectivity index (χ3v) is 24.9. The largest absolute Gasteiger partial charge is 0.495 e. The number of rotatable bonds is 8. The molecule has 22 aromatic rings. The van der Waals surface area contributed by atoms with E-state index in [1.807, 2.05) is 132 Å². The quantitative estimate of drug-likeness (QED) is 0.136. The number of hydrogen-bond acceptors (Lipinski definition) is 12. The molecule has 542 valence electrons. The van der Waals surface area contributed by atoms with Gasteiger partial charge in [0.1, 0.15) is 22.3 Å². The van der Waals surface area contributed by atoms with E-state index in [-0.39, 0.29) is 5.28 Å². The molecule has 6 aromatic heterocycles. The SMILES string of the molecule is CC1(C)OB(c2cccc3oc4ccc(-c5ccc6sc7cc8ccccc8cc7c6c5)cc4c23)OC1(C)C.Clc1nc(-c2ccccc2)nc(-c2cccc3ccccc23)n1.c1ccc(-c2nc(-c3cccc4ccccc34)nc(-c3cccc4oc5ccc(-c6ccc7sc8cc9ccccc9cc8c7c6)cc5c34)n2)cc1. The number of fused-ring (bicyclic) bond motifs is 16. The molecule has 1 aliphatic rings. The Balaban J connectivity index is 0.000000116. The van der Waals surface area contributed by atoms with E-state index in [0.717, 1.165) is 110 Å². The van der Waals surface area contributed by atoms with Crippen molar-refractivity contribution in [3.8, 4) is 79.2 Å². The van der Waals surface area contributed by atoms with E-state index in [2.05, 4.69) is 261 Å². The van der Waals surface area contributed by atoms with Crippen LogP contribution in [0.1, 0.15) is 27.7 Å². The van der Waals surface area contributed by atoms with Crippen molar-refractivity contribution in [3.05, 3.63) is 333 Å². The highest BCUT2D eigenvalue weighted by atomic mass is 35.5. The van der Waals surface area contributed by atoms with Crippen LogP contribution in [0.5, 0.6) is 0 Å². The van der Waals surface area contributed by atoms with Gasteiger partial charge in [-0.1, -0.05) is 243 Å². The Labute approximate surface area is 668 Å². The zero-order valence-electron chi connectivity index (χ0n) is 62.3. The first kappa shape index (κ1) is 68.9. The number of benzene rings is 16. The van der Waals surface area contributed by atoms with E-state index >= 15 is 0 Å². The first-order valence-electron chi connectivity index (χ1n) is 38.0. The van der Waals surface area contributed by atoms with Gasteiger partial charge < -0.3 is 18.1 Å². The maximum Gasteiger partial charge on any atom is 0.495 e. The molecule has 1 saturated heterocycles. The molecular weight excluding hydrogens is 1460 g/mol. The molecular formula is C100H66BClN6O4S2. The number of furan rings is 2. The summed E-state index contributed by atoms with van der Waals surface area (Å²) in [6.45, 7) is 8.36. The van der Waals surface area contributed by atoms with Crippen LogP contribution in [0.25, 0.3) is 207 Å². The normalized spacial score (nSPS) is 13.4. The van der Waals surface area contributed by atoms with Gasteiger partial charge in [0.05, 0.1) is 11.2 Å². The highest BCUT2D eigenvalue weighted by Crippen LogP contribution is 2.45. The van der Waals surface area contributed by atoms with Crippen LogP contribution in [0.3, 0.4) is 0 Å². The molecule has 0 amide bonds. The molecule has 0 atom stereocenters. The highest BCUT2D eigenvalue weighted by Gasteiger charge is 2.52.